The molecule has 1 atom stereocenters. The molecule has 1 unspecified atom stereocenters. The molecule has 0 amide bonds. The number of carbonyl (C=O) groups excluding carboxylic acids is 2. The van der Waals surface area contributed by atoms with Gasteiger partial charge in [0.25, 0.3) is 0 Å². The smallest absolute Gasteiger partial charge is 0.338 e. The molecule has 5 heteroatoms. The molecule has 0 N–H and O–H groups in total. The van der Waals surface area contributed by atoms with Crippen molar-refractivity contribution in [3.8, 4) is 11.5 Å². The maximum absolute atomic E-state index is 12.4. The van der Waals surface area contributed by atoms with E-state index in [2.05, 4.69) is 20.1 Å². The predicted octanol–water partition coefficient (Wildman–Crippen LogP) is 5.09. The Morgan fingerprint density at radius 2 is 1.50 bits per heavy atom. The fraction of sp³-hybridized carbons (Fsp3) is 0.360. The number of carbonyl (C=O) groups is 2. The first-order chi connectivity index (χ1) is 14.3. The number of rotatable bonds is 7. The molecular weight excluding hydrogens is 380 g/mol. The van der Waals surface area contributed by atoms with Crippen LogP contribution in [0.25, 0.3) is 10.8 Å². The highest BCUT2D eigenvalue weighted by Gasteiger charge is 2.30. The lowest BCUT2D eigenvalue weighted by atomic mass is 9.85. The highest BCUT2D eigenvalue weighted by Crippen LogP contribution is 2.45. The van der Waals surface area contributed by atoms with E-state index in [1.54, 1.807) is 13.8 Å². The number of benzene rings is 2. The van der Waals surface area contributed by atoms with Crippen LogP contribution in [0.5, 0.6) is 11.5 Å². The number of fused-ring (bicyclic) bond motifs is 2. The van der Waals surface area contributed by atoms with Gasteiger partial charge in [0.15, 0.2) is 0 Å². The molecule has 0 bridgehead atoms. The van der Waals surface area contributed by atoms with Gasteiger partial charge in [-0.05, 0) is 33.1 Å². The van der Waals surface area contributed by atoms with Crippen LogP contribution in [0, 0.1) is 0 Å². The number of hydrogen-bond acceptors (Lipinski definition) is 5. The fourth-order valence-electron chi connectivity index (χ4n) is 3.61. The first-order valence-corrected chi connectivity index (χ1v) is 10.3. The van der Waals surface area contributed by atoms with Gasteiger partial charge in [-0.25, -0.2) is 9.59 Å². The third kappa shape index (κ3) is 4.46. The van der Waals surface area contributed by atoms with Gasteiger partial charge in [0, 0.05) is 46.1 Å². The highest BCUT2D eigenvalue weighted by molar-refractivity contribution is 6.01. The maximum Gasteiger partial charge on any atom is 0.338 e. The molecule has 1 aliphatic rings. The maximum atomic E-state index is 12.4. The van der Waals surface area contributed by atoms with Gasteiger partial charge in [0.05, 0.1) is 6.10 Å². The topological polar surface area (TPSA) is 61.8 Å². The zero-order valence-electron chi connectivity index (χ0n) is 17.9. The molecule has 0 saturated heterocycles. The van der Waals surface area contributed by atoms with Crippen LogP contribution in [0.15, 0.2) is 48.6 Å². The molecule has 0 aromatic heterocycles. The van der Waals surface area contributed by atoms with E-state index < -0.39 is 11.9 Å². The Balaban J connectivity index is 2.20. The van der Waals surface area contributed by atoms with Gasteiger partial charge in [-0.2, -0.15) is 0 Å². The van der Waals surface area contributed by atoms with Crippen LogP contribution in [0.4, 0.5) is 0 Å². The minimum atomic E-state index is -0.481. The van der Waals surface area contributed by atoms with E-state index in [-0.39, 0.29) is 6.10 Å². The highest BCUT2D eigenvalue weighted by atomic mass is 16.5. The van der Waals surface area contributed by atoms with Gasteiger partial charge < -0.3 is 14.2 Å². The normalized spacial score (nSPS) is 15.4. The van der Waals surface area contributed by atoms with Gasteiger partial charge in [0.2, 0.25) is 0 Å². The van der Waals surface area contributed by atoms with Crippen LogP contribution in [0.2, 0.25) is 0 Å². The molecule has 5 nitrogen and oxygen atoms in total. The van der Waals surface area contributed by atoms with Crippen molar-refractivity contribution in [3.63, 3.8) is 0 Å². The lowest BCUT2D eigenvalue weighted by Crippen LogP contribution is -2.25. The largest absolute Gasteiger partial charge is 0.422 e. The van der Waals surface area contributed by atoms with Crippen LogP contribution >= 0.6 is 0 Å². The van der Waals surface area contributed by atoms with Crippen LogP contribution in [-0.2, 0) is 27.2 Å². The lowest BCUT2D eigenvalue weighted by molar-refractivity contribution is -0.131. The summed E-state index contributed by atoms with van der Waals surface area (Å²) in [6.45, 7) is 13.4. The third-order valence-electron chi connectivity index (χ3n) is 5.12. The summed E-state index contributed by atoms with van der Waals surface area (Å²) in [7, 11) is 0. The Hall–Kier alpha value is -2.92. The molecule has 0 spiro atoms. The average molecular weight is 408 g/mol. The summed E-state index contributed by atoms with van der Waals surface area (Å²) >= 11 is 0. The summed E-state index contributed by atoms with van der Waals surface area (Å²) in [6.07, 6.45) is 2.99. The number of hydrogen-bond donors (Lipinski definition) is 0. The van der Waals surface area contributed by atoms with Crippen LogP contribution in [-0.4, -0.2) is 24.6 Å². The van der Waals surface area contributed by atoms with Crippen LogP contribution < -0.4 is 9.47 Å². The summed E-state index contributed by atoms with van der Waals surface area (Å²) in [5.74, 6) is 0.0511. The minimum absolute atomic E-state index is 0.0191. The lowest BCUT2D eigenvalue weighted by Gasteiger charge is -2.29. The van der Waals surface area contributed by atoms with E-state index in [4.69, 9.17) is 14.2 Å². The van der Waals surface area contributed by atoms with Crippen molar-refractivity contribution in [3.05, 3.63) is 59.7 Å². The molecule has 30 heavy (non-hydrogen) atoms. The Morgan fingerprint density at radius 3 is 2.00 bits per heavy atom. The van der Waals surface area contributed by atoms with E-state index in [9.17, 15) is 9.59 Å². The Morgan fingerprint density at radius 1 is 0.967 bits per heavy atom. The molecule has 2 aromatic rings. The number of ether oxygens (including phenoxy) is 3. The van der Waals surface area contributed by atoms with Gasteiger partial charge in [-0.15, -0.1) is 0 Å². The van der Waals surface area contributed by atoms with Gasteiger partial charge in [-0.1, -0.05) is 44.3 Å². The summed E-state index contributed by atoms with van der Waals surface area (Å²) in [5.41, 5.74) is 2.37. The van der Waals surface area contributed by atoms with Crippen molar-refractivity contribution in [2.45, 2.75) is 52.6 Å². The van der Waals surface area contributed by atoms with E-state index in [0.717, 1.165) is 29.4 Å². The number of esters is 2. The SMILES string of the molecule is C=C(C)C(=O)Oc1c2c(c(OC(=O)C(=C)C)c3ccccc13)CC(OCCC)CC2. The monoisotopic (exact) mass is 408 g/mol. The van der Waals surface area contributed by atoms with E-state index in [0.29, 0.717) is 47.5 Å². The average Bonchev–Trinajstić information content (AvgIpc) is 2.73. The fourth-order valence-corrected chi connectivity index (χ4v) is 3.61. The van der Waals surface area contributed by atoms with Gasteiger partial charge in [0.1, 0.15) is 11.5 Å². The second kappa shape index (κ2) is 9.26. The van der Waals surface area contributed by atoms with E-state index in [1.165, 1.54) is 0 Å². The Labute approximate surface area is 177 Å². The summed E-state index contributed by atoms with van der Waals surface area (Å²) < 4.78 is 17.6. The van der Waals surface area contributed by atoms with E-state index in [1.807, 2.05) is 24.3 Å². The minimum Gasteiger partial charge on any atom is -0.422 e. The van der Waals surface area contributed by atoms with Crippen molar-refractivity contribution >= 4 is 22.7 Å². The summed E-state index contributed by atoms with van der Waals surface area (Å²) in [6, 6.07) is 7.47. The van der Waals surface area contributed by atoms with Crippen molar-refractivity contribution in [1.82, 2.24) is 0 Å². The molecule has 0 radical (unpaired) electrons. The van der Waals surface area contributed by atoms with Gasteiger partial charge >= 0.3 is 11.9 Å². The zero-order chi connectivity index (χ0) is 21.8. The summed E-state index contributed by atoms with van der Waals surface area (Å²) in [5, 5.41) is 1.44. The van der Waals surface area contributed by atoms with Crippen LogP contribution in [0.3, 0.4) is 0 Å². The predicted molar refractivity (Wildman–Crippen MR) is 117 cm³/mol. The first kappa shape index (κ1) is 21.8. The van der Waals surface area contributed by atoms with Crippen molar-refractivity contribution in [1.29, 1.82) is 0 Å². The molecule has 0 aliphatic heterocycles. The molecule has 0 fully saturated rings. The Kier molecular flexibility index (Phi) is 6.73. The molecule has 3 rings (SSSR count). The quantitative estimate of drug-likeness (QED) is 0.363. The van der Waals surface area contributed by atoms with Crippen molar-refractivity contribution in [2.24, 2.45) is 0 Å². The van der Waals surface area contributed by atoms with Crippen LogP contribution in [0.1, 0.15) is 44.7 Å². The van der Waals surface area contributed by atoms with Gasteiger partial charge in [-0.3, -0.25) is 0 Å². The summed E-state index contributed by atoms with van der Waals surface area (Å²) in [4.78, 5) is 24.8. The zero-order valence-corrected chi connectivity index (χ0v) is 17.9. The standard InChI is InChI=1S/C25H28O5/c1-6-13-28-17-11-12-20-21(14-17)23(30-25(27)16(4)5)19-10-8-7-9-18(19)22(20)29-24(26)15(2)3/h7-10,17H,2,4,6,11-14H2,1,3,5H3. The molecule has 0 heterocycles. The molecule has 158 valence electrons. The Bertz CT molecular complexity index is 1020. The van der Waals surface area contributed by atoms with Crippen molar-refractivity contribution in [2.75, 3.05) is 6.61 Å². The van der Waals surface area contributed by atoms with E-state index >= 15 is 0 Å². The molecule has 1 aliphatic carbocycles. The second-order valence-corrected chi connectivity index (χ2v) is 7.74. The van der Waals surface area contributed by atoms with Crippen molar-refractivity contribution < 1.29 is 23.8 Å². The molecular formula is C25H28O5. The third-order valence-corrected chi connectivity index (χ3v) is 5.12. The second-order valence-electron chi connectivity index (χ2n) is 7.74. The first-order valence-electron chi connectivity index (χ1n) is 10.3. The molecule has 0 saturated carbocycles. The molecule has 2 aromatic carbocycles.